The lowest BCUT2D eigenvalue weighted by molar-refractivity contribution is -0.129. The number of rotatable bonds is 3. The highest BCUT2D eigenvalue weighted by Crippen LogP contribution is 2.28. The third kappa shape index (κ3) is 3.86. The maximum atomic E-state index is 12.4. The van der Waals surface area contributed by atoms with Gasteiger partial charge in [-0.15, -0.1) is 0 Å². The molecule has 0 aliphatic carbocycles. The molecule has 0 bridgehead atoms. The first kappa shape index (κ1) is 19.8. The first-order valence-corrected chi connectivity index (χ1v) is 10.4. The zero-order valence-corrected chi connectivity index (χ0v) is 18.9. The number of cyclic esters (lactones) is 1. The minimum Gasteiger partial charge on any atom is -0.402 e. The van der Waals surface area contributed by atoms with Crippen molar-refractivity contribution in [2.75, 3.05) is 0 Å². The highest BCUT2D eigenvalue weighted by atomic mass is 127. The SMILES string of the molecule is Cc1ccc(-n2nc(C)c(/C=C3\N=C(c4ccc(I)c(C)c4)OC3=O)c2Cl)cc1. The van der Waals surface area contributed by atoms with E-state index in [1.54, 1.807) is 10.8 Å². The van der Waals surface area contributed by atoms with Crippen LogP contribution in [-0.4, -0.2) is 21.6 Å². The molecule has 0 saturated heterocycles. The molecule has 2 aromatic carbocycles. The van der Waals surface area contributed by atoms with Crippen LogP contribution in [0.5, 0.6) is 0 Å². The van der Waals surface area contributed by atoms with E-state index in [1.165, 1.54) is 0 Å². The molecule has 0 saturated carbocycles. The number of esters is 1. The number of hydrogen-bond acceptors (Lipinski definition) is 4. The van der Waals surface area contributed by atoms with Crippen LogP contribution >= 0.6 is 34.2 Å². The molecule has 5 nitrogen and oxygen atoms in total. The number of benzene rings is 2. The summed E-state index contributed by atoms with van der Waals surface area (Å²) in [7, 11) is 0. The predicted octanol–water partition coefficient (Wildman–Crippen LogP) is 5.40. The van der Waals surface area contributed by atoms with E-state index in [2.05, 4.69) is 32.7 Å². The Kier molecular flexibility index (Phi) is 5.31. The lowest BCUT2D eigenvalue weighted by Gasteiger charge is -2.03. The number of nitrogens with zero attached hydrogens (tertiary/aromatic N) is 3. The van der Waals surface area contributed by atoms with E-state index >= 15 is 0 Å². The molecule has 0 amide bonds. The van der Waals surface area contributed by atoms with Gasteiger partial charge in [0, 0.05) is 14.7 Å². The van der Waals surface area contributed by atoms with Crippen LogP contribution in [-0.2, 0) is 9.53 Å². The van der Waals surface area contributed by atoms with Crippen LogP contribution in [0.4, 0.5) is 0 Å². The maximum Gasteiger partial charge on any atom is 0.363 e. The van der Waals surface area contributed by atoms with E-state index in [0.717, 1.165) is 25.9 Å². The van der Waals surface area contributed by atoms with Crippen LogP contribution in [0.2, 0.25) is 5.15 Å². The second kappa shape index (κ2) is 7.76. The average Bonchev–Trinajstić information content (AvgIpc) is 3.19. The van der Waals surface area contributed by atoms with Crippen molar-refractivity contribution in [2.45, 2.75) is 20.8 Å². The lowest BCUT2D eigenvalue weighted by atomic mass is 10.1. The summed E-state index contributed by atoms with van der Waals surface area (Å²) in [6.45, 7) is 5.87. The Morgan fingerprint density at radius 1 is 1.10 bits per heavy atom. The Balaban J connectivity index is 1.72. The number of aryl methyl sites for hydroxylation is 3. The van der Waals surface area contributed by atoms with Gasteiger partial charge < -0.3 is 4.74 Å². The molecule has 7 heteroatoms. The van der Waals surface area contributed by atoms with E-state index < -0.39 is 5.97 Å². The van der Waals surface area contributed by atoms with E-state index in [-0.39, 0.29) is 5.70 Å². The third-order valence-electron chi connectivity index (χ3n) is 4.63. The van der Waals surface area contributed by atoms with Gasteiger partial charge in [0.15, 0.2) is 5.70 Å². The number of aliphatic imine (C=N–C) groups is 1. The summed E-state index contributed by atoms with van der Waals surface area (Å²) in [5, 5.41) is 4.93. The number of halogens is 2. The summed E-state index contributed by atoms with van der Waals surface area (Å²) < 4.78 is 8.17. The molecule has 0 unspecified atom stereocenters. The van der Waals surface area contributed by atoms with Crippen molar-refractivity contribution in [2.24, 2.45) is 4.99 Å². The maximum absolute atomic E-state index is 12.4. The Morgan fingerprint density at radius 3 is 2.52 bits per heavy atom. The third-order valence-corrected chi connectivity index (χ3v) is 6.21. The van der Waals surface area contributed by atoms with Crippen molar-refractivity contribution in [3.8, 4) is 5.69 Å². The Labute approximate surface area is 187 Å². The van der Waals surface area contributed by atoms with Crippen LogP contribution in [0, 0.1) is 24.3 Å². The largest absolute Gasteiger partial charge is 0.402 e. The van der Waals surface area contributed by atoms with Gasteiger partial charge in [0.25, 0.3) is 0 Å². The molecular weight excluding hydrogens is 501 g/mol. The van der Waals surface area contributed by atoms with Crippen molar-refractivity contribution in [1.29, 1.82) is 0 Å². The zero-order valence-electron chi connectivity index (χ0n) is 16.0. The molecule has 4 rings (SSSR count). The molecule has 1 aliphatic heterocycles. The van der Waals surface area contributed by atoms with E-state index in [9.17, 15) is 4.79 Å². The number of ether oxygens (including phenoxy) is 1. The number of hydrogen-bond donors (Lipinski definition) is 0. The van der Waals surface area contributed by atoms with Crippen molar-refractivity contribution < 1.29 is 9.53 Å². The molecule has 0 atom stereocenters. The van der Waals surface area contributed by atoms with Gasteiger partial charge in [-0.1, -0.05) is 29.3 Å². The van der Waals surface area contributed by atoms with E-state index in [4.69, 9.17) is 16.3 Å². The summed E-state index contributed by atoms with van der Waals surface area (Å²) >= 11 is 8.84. The summed E-state index contributed by atoms with van der Waals surface area (Å²) in [6.07, 6.45) is 1.63. The van der Waals surface area contributed by atoms with Gasteiger partial charge in [-0.05, 0) is 85.3 Å². The zero-order chi connectivity index (χ0) is 20.7. The van der Waals surface area contributed by atoms with Crippen molar-refractivity contribution in [3.05, 3.63) is 84.8 Å². The van der Waals surface area contributed by atoms with E-state index in [0.29, 0.717) is 22.3 Å². The average molecular weight is 518 g/mol. The molecule has 1 aromatic heterocycles. The molecule has 2 heterocycles. The molecule has 0 fully saturated rings. The Hall–Kier alpha value is -2.45. The molecule has 0 spiro atoms. The van der Waals surface area contributed by atoms with Crippen LogP contribution < -0.4 is 0 Å². The smallest absolute Gasteiger partial charge is 0.363 e. The lowest BCUT2D eigenvalue weighted by Crippen LogP contribution is -2.05. The minimum atomic E-state index is -0.505. The van der Waals surface area contributed by atoms with Crippen LogP contribution in [0.25, 0.3) is 11.8 Å². The van der Waals surface area contributed by atoms with Gasteiger partial charge >= 0.3 is 5.97 Å². The highest BCUT2D eigenvalue weighted by Gasteiger charge is 2.26. The fourth-order valence-corrected chi connectivity index (χ4v) is 3.64. The normalized spacial score (nSPS) is 15.0. The monoisotopic (exact) mass is 517 g/mol. The Bertz CT molecular complexity index is 1190. The molecule has 1 aliphatic rings. The molecule has 0 N–H and O–H groups in total. The number of carbonyl (C=O) groups is 1. The molecule has 3 aromatic rings. The molecular formula is C22H17ClIN3O2. The molecule has 29 heavy (non-hydrogen) atoms. The molecule has 0 radical (unpaired) electrons. The number of aromatic nitrogens is 2. The van der Waals surface area contributed by atoms with Crippen LogP contribution in [0.1, 0.15) is 27.9 Å². The fourth-order valence-electron chi connectivity index (χ4n) is 2.98. The summed E-state index contributed by atoms with van der Waals surface area (Å²) in [4.78, 5) is 16.8. The van der Waals surface area contributed by atoms with Gasteiger partial charge in [0.2, 0.25) is 5.90 Å². The summed E-state index contributed by atoms with van der Waals surface area (Å²) in [6, 6.07) is 13.7. The van der Waals surface area contributed by atoms with Crippen molar-refractivity contribution in [1.82, 2.24) is 9.78 Å². The van der Waals surface area contributed by atoms with Gasteiger partial charge in [0.05, 0.1) is 11.4 Å². The Morgan fingerprint density at radius 2 is 1.83 bits per heavy atom. The predicted molar refractivity (Wildman–Crippen MR) is 123 cm³/mol. The van der Waals surface area contributed by atoms with Gasteiger partial charge in [-0.2, -0.15) is 5.10 Å². The summed E-state index contributed by atoms with van der Waals surface area (Å²) in [5.41, 5.74) is 5.39. The first-order valence-electron chi connectivity index (χ1n) is 8.95. The van der Waals surface area contributed by atoms with Gasteiger partial charge in [-0.25, -0.2) is 14.5 Å². The minimum absolute atomic E-state index is 0.199. The fraction of sp³-hybridized carbons (Fsp3) is 0.136. The van der Waals surface area contributed by atoms with Crippen molar-refractivity contribution in [3.63, 3.8) is 0 Å². The van der Waals surface area contributed by atoms with Crippen LogP contribution in [0.15, 0.2) is 53.2 Å². The quantitative estimate of drug-likeness (QED) is 0.266. The molecule has 146 valence electrons. The summed E-state index contributed by atoms with van der Waals surface area (Å²) in [5.74, 6) is -0.213. The topological polar surface area (TPSA) is 56.5 Å². The second-order valence-corrected chi connectivity index (χ2v) is 8.36. The van der Waals surface area contributed by atoms with E-state index in [1.807, 2.05) is 63.2 Å². The van der Waals surface area contributed by atoms with Crippen molar-refractivity contribution >= 4 is 52.1 Å². The van der Waals surface area contributed by atoms with Crippen LogP contribution in [0.3, 0.4) is 0 Å². The standard InChI is InChI=1S/C22H17ClIN3O2/c1-12-4-7-16(8-5-12)27-20(23)17(14(3)26-27)11-19-22(28)29-21(25-19)15-6-9-18(24)13(2)10-15/h4-11H,1-3H3/b19-11-. The highest BCUT2D eigenvalue weighted by molar-refractivity contribution is 14.1. The first-order chi connectivity index (χ1) is 13.8. The van der Waals surface area contributed by atoms with Gasteiger partial charge in [0.1, 0.15) is 5.15 Å². The number of carbonyl (C=O) groups excluding carboxylic acids is 1. The van der Waals surface area contributed by atoms with Gasteiger partial charge in [-0.3, -0.25) is 0 Å². The second-order valence-electron chi connectivity index (χ2n) is 6.84.